The van der Waals surface area contributed by atoms with Gasteiger partial charge in [-0.25, -0.2) is 9.59 Å². The monoisotopic (exact) mass is 258 g/mol. The van der Waals surface area contributed by atoms with E-state index in [1.807, 2.05) is 6.92 Å². The van der Waals surface area contributed by atoms with Crippen LogP contribution in [0.4, 0.5) is 4.79 Å². The molecule has 0 spiro atoms. The molecular formula is C13H26N2O3. The van der Waals surface area contributed by atoms with Crippen LogP contribution in [-0.2, 0) is 4.79 Å². The molecule has 2 N–H and O–H groups in total. The quantitative estimate of drug-likeness (QED) is 0.768. The van der Waals surface area contributed by atoms with Crippen LogP contribution in [0.5, 0.6) is 0 Å². The smallest absolute Gasteiger partial charge is 0.329 e. The molecular weight excluding hydrogens is 232 g/mol. The Morgan fingerprint density at radius 3 is 2.17 bits per heavy atom. The Hall–Kier alpha value is -1.26. The van der Waals surface area contributed by atoms with Gasteiger partial charge in [-0.2, -0.15) is 0 Å². The first-order valence-electron chi connectivity index (χ1n) is 6.42. The summed E-state index contributed by atoms with van der Waals surface area (Å²) >= 11 is 0. The molecule has 0 aromatic heterocycles. The molecule has 0 aromatic rings. The average molecular weight is 258 g/mol. The molecule has 0 saturated carbocycles. The van der Waals surface area contributed by atoms with Crippen LogP contribution in [0.25, 0.3) is 0 Å². The summed E-state index contributed by atoms with van der Waals surface area (Å²) in [5.74, 6) is -0.518. The SMILES string of the molecule is CCC(C)(NC(=O)N(C)C(C)CC(C)C)C(=O)O. The van der Waals surface area contributed by atoms with Crippen LogP contribution in [0.3, 0.4) is 0 Å². The number of carboxylic acid groups (broad SMARTS) is 1. The van der Waals surface area contributed by atoms with Gasteiger partial charge in [0.25, 0.3) is 0 Å². The number of nitrogens with zero attached hydrogens (tertiary/aromatic N) is 1. The minimum Gasteiger partial charge on any atom is -0.480 e. The van der Waals surface area contributed by atoms with Gasteiger partial charge in [-0.05, 0) is 32.6 Å². The molecule has 0 radical (unpaired) electrons. The largest absolute Gasteiger partial charge is 0.480 e. The maximum Gasteiger partial charge on any atom is 0.329 e. The fraction of sp³-hybridized carbons (Fsp3) is 0.846. The standard InChI is InChI=1S/C13H26N2O3/c1-7-13(5,11(16)17)14-12(18)15(6)10(4)8-9(2)3/h9-10H,7-8H2,1-6H3,(H,14,18)(H,16,17). The molecule has 2 unspecified atom stereocenters. The van der Waals surface area contributed by atoms with Crippen molar-refractivity contribution in [1.29, 1.82) is 0 Å². The summed E-state index contributed by atoms with van der Waals surface area (Å²) in [5.41, 5.74) is -1.21. The summed E-state index contributed by atoms with van der Waals surface area (Å²) in [6.45, 7) is 9.41. The molecule has 2 atom stereocenters. The van der Waals surface area contributed by atoms with Crippen LogP contribution >= 0.6 is 0 Å². The normalized spacial score (nSPS) is 15.9. The maximum absolute atomic E-state index is 12.0. The summed E-state index contributed by atoms with van der Waals surface area (Å²) in [6.07, 6.45) is 1.24. The van der Waals surface area contributed by atoms with Crippen LogP contribution in [-0.4, -0.2) is 40.6 Å². The zero-order valence-electron chi connectivity index (χ0n) is 12.3. The zero-order valence-corrected chi connectivity index (χ0v) is 12.3. The van der Waals surface area contributed by atoms with E-state index in [0.29, 0.717) is 12.3 Å². The minimum atomic E-state index is -1.21. The van der Waals surface area contributed by atoms with E-state index < -0.39 is 11.5 Å². The molecule has 0 fully saturated rings. The summed E-state index contributed by atoms with van der Waals surface area (Å²) in [7, 11) is 1.69. The van der Waals surface area contributed by atoms with Gasteiger partial charge in [-0.3, -0.25) is 0 Å². The first kappa shape index (κ1) is 16.7. The summed E-state index contributed by atoms with van der Waals surface area (Å²) < 4.78 is 0. The number of carbonyl (C=O) groups is 2. The van der Waals surface area contributed by atoms with Crippen molar-refractivity contribution in [3.05, 3.63) is 0 Å². The van der Waals surface area contributed by atoms with Crippen molar-refractivity contribution in [1.82, 2.24) is 10.2 Å². The fourth-order valence-corrected chi connectivity index (χ4v) is 1.66. The number of hydrogen-bond donors (Lipinski definition) is 2. The lowest BCUT2D eigenvalue weighted by molar-refractivity contribution is -0.143. The van der Waals surface area contributed by atoms with E-state index in [2.05, 4.69) is 19.2 Å². The number of rotatable bonds is 6. The Bertz CT molecular complexity index is 305. The second-order valence-corrected chi connectivity index (χ2v) is 5.51. The van der Waals surface area contributed by atoms with Crippen LogP contribution < -0.4 is 5.32 Å². The lowest BCUT2D eigenvalue weighted by Gasteiger charge is -2.31. The van der Waals surface area contributed by atoms with Gasteiger partial charge in [0.2, 0.25) is 0 Å². The van der Waals surface area contributed by atoms with Crippen molar-refractivity contribution in [3.8, 4) is 0 Å². The van der Waals surface area contributed by atoms with E-state index in [-0.39, 0.29) is 12.1 Å². The van der Waals surface area contributed by atoms with Gasteiger partial charge in [0.05, 0.1) is 0 Å². The number of urea groups is 1. The molecule has 0 aromatic carbocycles. The Kier molecular flexibility index (Phi) is 6.15. The zero-order chi connectivity index (χ0) is 14.5. The molecule has 0 bridgehead atoms. The van der Waals surface area contributed by atoms with E-state index in [1.54, 1.807) is 18.9 Å². The number of nitrogens with one attached hydrogen (secondary N) is 1. The summed E-state index contributed by atoms with van der Waals surface area (Å²) in [4.78, 5) is 24.7. The van der Waals surface area contributed by atoms with Crippen LogP contribution in [0, 0.1) is 5.92 Å². The van der Waals surface area contributed by atoms with Gasteiger partial charge >= 0.3 is 12.0 Å². The maximum atomic E-state index is 12.0. The number of carbonyl (C=O) groups excluding carboxylic acids is 1. The highest BCUT2D eigenvalue weighted by Gasteiger charge is 2.34. The van der Waals surface area contributed by atoms with Gasteiger partial charge < -0.3 is 15.3 Å². The number of hydrogen-bond acceptors (Lipinski definition) is 2. The Morgan fingerprint density at radius 1 is 1.33 bits per heavy atom. The van der Waals surface area contributed by atoms with E-state index in [4.69, 9.17) is 5.11 Å². The molecule has 0 aliphatic rings. The number of amides is 2. The van der Waals surface area contributed by atoms with Gasteiger partial charge in [0.15, 0.2) is 0 Å². The molecule has 5 nitrogen and oxygen atoms in total. The highest BCUT2D eigenvalue weighted by Crippen LogP contribution is 2.13. The molecule has 18 heavy (non-hydrogen) atoms. The van der Waals surface area contributed by atoms with Crippen LogP contribution in [0.1, 0.15) is 47.5 Å². The van der Waals surface area contributed by atoms with Gasteiger partial charge in [-0.15, -0.1) is 0 Å². The average Bonchev–Trinajstić information content (AvgIpc) is 2.26. The molecule has 0 aliphatic carbocycles. The molecule has 5 heteroatoms. The van der Waals surface area contributed by atoms with Crippen molar-refractivity contribution < 1.29 is 14.7 Å². The van der Waals surface area contributed by atoms with Crippen LogP contribution in [0.2, 0.25) is 0 Å². The number of aliphatic carboxylic acids is 1. The molecule has 0 heterocycles. The molecule has 0 saturated heterocycles. The van der Waals surface area contributed by atoms with Crippen molar-refractivity contribution in [2.75, 3.05) is 7.05 Å². The molecule has 106 valence electrons. The second kappa shape index (κ2) is 6.61. The third kappa shape index (κ3) is 4.55. The second-order valence-electron chi connectivity index (χ2n) is 5.51. The lowest BCUT2D eigenvalue weighted by atomic mass is 9.99. The topological polar surface area (TPSA) is 69.6 Å². The van der Waals surface area contributed by atoms with E-state index in [1.165, 1.54) is 6.92 Å². The highest BCUT2D eigenvalue weighted by atomic mass is 16.4. The van der Waals surface area contributed by atoms with Gasteiger partial charge in [0, 0.05) is 13.1 Å². The minimum absolute atomic E-state index is 0.0832. The summed E-state index contributed by atoms with van der Waals surface area (Å²) in [6, 6.07) is -0.255. The number of carboxylic acids is 1. The van der Waals surface area contributed by atoms with Crippen molar-refractivity contribution >= 4 is 12.0 Å². The van der Waals surface area contributed by atoms with E-state index in [9.17, 15) is 9.59 Å². The van der Waals surface area contributed by atoms with Crippen LogP contribution in [0.15, 0.2) is 0 Å². The van der Waals surface area contributed by atoms with E-state index >= 15 is 0 Å². The van der Waals surface area contributed by atoms with Crippen molar-refractivity contribution in [2.45, 2.75) is 59.0 Å². The van der Waals surface area contributed by atoms with Gasteiger partial charge in [-0.1, -0.05) is 20.8 Å². The van der Waals surface area contributed by atoms with Crippen molar-refractivity contribution in [3.63, 3.8) is 0 Å². The predicted molar refractivity (Wildman–Crippen MR) is 71.5 cm³/mol. The fourth-order valence-electron chi connectivity index (χ4n) is 1.66. The van der Waals surface area contributed by atoms with E-state index in [0.717, 1.165) is 6.42 Å². The first-order valence-corrected chi connectivity index (χ1v) is 6.42. The Morgan fingerprint density at radius 2 is 1.83 bits per heavy atom. The first-order chi connectivity index (χ1) is 8.14. The lowest BCUT2D eigenvalue weighted by Crippen LogP contribution is -2.56. The predicted octanol–water partition coefficient (Wildman–Crippen LogP) is 2.32. The Labute approximate surface area is 110 Å². The van der Waals surface area contributed by atoms with Crippen molar-refractivity contribution in [2.24, 2.45) is 5.92 Å². The Balaban J connectivity index is 4.61. The molecule has 0 rings (SSSR count). The highest BCUT2D eigenvalue weighted by molar-refractivity contribution is 5.85. The van der Waals surface area contributed by atoms with Gasteiger partial charge in [0.1, 0.15) is 5.54 Å². The molecule has 0 aliphatic heterocycles. The third-order valence-electron chi connectivity index (χ3n) is 3.36. The summed E-state index contributed by atoms with van der Waals surface area (Å²) in [5, 5.41) is 11.7. The third-order valence-corrected chi connectivity index (χ3v) is 3.36. The molecule has 2 amide bonds.